The third-order valence-electron chi connectivity index (χ3n) is 1.92. The van der Waals surface area contributed by atoms with Crippen LogP contribution in [-0.4, -0.2) is 4.98 Å². The van der Waals surface area contributed by atoms with Crippen molar-refractivity contribution in [2.24, 2.45) is 0 Å². The first-order chi connectivity index (χ1) is 7.65. The van der Waals surface area contributed by atoms with E-state index < -0.39 is 0 Å². The van der Waals surface area contributed by atoms with Crippen LogP contribution in [0.1, 0.15) is 0 Å². The molecule has 5 heteroatoms. The second kappa shape index (κ2) is 4.93. The predicted molar refractivity (Wildman–Crippen MR) is 69.3 cm³/mol. The van der Waals surface area contributed by atoms with Gasteiger partial charge in [0.1, 0.15) is 5.82 Å². The molecule has 0 amide bonds. The molecule has 0 aliphatic carbocycles. The Labute approximate surface area is 109 Å². The van der Waals surface area contributed by atoms with Crippen LogP contribution in [0, 0.1) is 5.82 Å². The Balaban J connectivity index is 2.27. The van der Waals surface area contributed by atoms with Crippen molar-refractivity contribution in [2.75, 3.05) is 5.32 Å². The van der Waals surface area contributed by atoms with Gasteiger partial charge in [0.25, 0.3) is 0 Å². The molecule has 0 saturated carbocycles. The average molecular weight is 346 g/mol. The molecule has 2 nitrogen and oxygen atoms in total. The molecule has 0 fully saturated rings. The Hall–Kier alpha value is -0.940. The highest BCUT2D eigenvalue weighted by molar-refractivity contribution is 9.10. The van der Waals surface area contributed by atoms with Crippen molar-refractivity contribution >= 4 is 43.2 Å². The maximum absolute atomic E-state index is 13.5. The largest absolute Gasteiger partial charge is 0.352 e. The van der Waals surface area contributed by atoms with Crippen molar-refractivity contribution < 1.29 is 4.39 Å². The molecule has 0 aliphatic rings. The molecule has 0 aliphatic heterocycles. The summed E-state index contributed by atoms with van der Waals surface area (Å²) in [6.45, 7) is 0. The van der Waals surface area contributed by atoms with Gasteiger partial charge in [0.2, 0.25) is 0 Å². The van der Waals surface area contributed by atoms with E-state index in [-0.39, 0.29) is 5.82 Å². The first kappa shape index (κ1) is 11.5. The summed E-state index contributed by atoms with van der Waals surface area (Å²) in [5.74, 6) is -0.311. The van der Waals surface area contributed by atoms with Crippen molar-refractivity contribution in [1.82, 2.24) is 4.98 Å². The molecule has 0 radical (unpaired) electrons. The van der Waals surface area contributed by atoms with Crippen LogP contribution in [0.15, 0.2) is 45.6 Å². The molecule has 2 aromatic rings. The molecule has 1 aromatic heterocycles. The molecule has 0 saturated heterocycles. The van der Waals surface area contributed by atoms with E-state index in [1.54, 1.807) is 24.5 Å². The van der Waals surface area contributed by atoms with E-state index >= 15 is 0 Å². The monoisotopic (exact) mass is 344 g/mol. The molecular weight excluding hydrogens is 339 g/mol. The van der Waals surface area contributed by atoms with E-state index in [0.717, 1.165) is 10.2 Å². The summed E-state index contributed by atoms with van der Waals surface area (Å²) in [7, 11) is 0. The SMILES string of the molecule is Fc1cc(Br)ccc1Nc1cncc(Br)c1. The second-order valence-electron chi connectivity index (χ2n) is 3.14. The van der Waals surface area contributed by atoms with Crippen molar-refractivity contribution in [3.05, 3.63) is 51.4 Å². The van der Waals surface area contributed by atoms with Crippen molar-refractivity contribution in [2.45, 2.75) is 0 Å². The first-order valence-corrected chi connectivity index (χ1v) is 6.06. The maximum atomic E-state index is 13.5. The molecule has 0 bridgehead atoms. The Morgan fingerprint density at radius 3 is 2.56 bits per heavy atom. The van der Waals surface area contributed by atoms with E-state index in [0.29, 0.717) is 10.2 Å². The van der Waals surface area contributed by atoms with Crippen molar-refractivity contribution in [3.63, 3.8) is 0 Å². The van der Waals surface area contributed by atoms with E-state index in [2.05, 4.69) is 42.2 Å². The van der Waals surface area contributed by atoms with Crippen LogP contribution in [0.4, 0.5) is 15.8 Å². The lowest BCUT2D eigenvalue weighted by Gasteiger charge is -2.07. The third-order valence-corrected chi connectivity index (χ3v) is 2.84. The van der Waals surface area contributed by atoms with Gasteiger partial charge < -0.3 is 5.32 Å². The zero-order valence-corrected chi connectivity index (χ0v) is 11.2. The van der Waals surface area contributed by atoms with E-state index in [1.165, 1.54) is 6.07 Å². The summed E-state index contributed by atoms with van der Waals surface area (Å²) in [5, 5.41) is 2.95. The predicted octanol–water partition coefficient (Wildman–Crippen LogP) is 4.49. The summed E-state index contributed by atoms with van der Waals surface area (Å²) in [6.07, 6.45) is 3.30. The Morgan fingerprint density at radius 2 is 1.88 bits per heavy atom. The maximum Gasteiger partial charge on any atom is 0.147 e. The lowest BCUT2D eigenvalue weighted by atomic mass is 10.3. The Bertz CT molecular complexity index is 517. The fourth-order valence-corrected chi connectivity index (χ4v) is 1.92. The number of hydrogen-bond donors (Lipinski definition) is 1. The smallest absolute Gasteiger partial charge is 0.147 e. The molecule has 1 heterocycles. The van der Waals surface area contributed by atoms with Crippen LogP contribution in [-0.2, 0) is 0 Å². The van der Waals surface area contributed by atoms with Gasteiger partial charge in [0.15, 0.2) is 0 Å². The minimum atomic E-state index is -0.311. The normalized spacial score (nSPS) is 10.2. The highest BCUT2D eigenvalue weighted by Gasteiger charge is 2.03. The molecule has 1 N–H and O–H groups in total. The van der Waals surface area contributed by atoms with Gasteiger partial charge in [-0.25, -0.2) is 4.39 Å². The van der Waals surface area contributed by atoms with Crippen LogP contribution < -0.4 is 5.32 Å². The fourth-order valence-electron chi connectivity index (χ4n) is 1.23. The van der Waals surface area contributed by atoms with Crippen LogP contribution >= 0.6 is 31.9 Å². The number of halogens is 3. The number of rotatable bonds is 2. The van der Waals surface area contributed by atoms with Crippen LogP contribution in [0.3, 0.4) is 0 Å². The number of benzene rings is 1. The number of nitrogens with one attached hydrogen (secondary N) is 1. The van der Waals surface area contributed by atoms with E-state index in [1.807, 2.05) is 6.07 Å². The molecule has 0 atom stereocenters. The molecule has 2 rings (SSSR count). The Morgan fingerprint density at radius 1 is 1.06 bits per heavy atom. The number of hydrogen-bond acceptors (Lipinski definition) is 2. The van der Waals surface area contributed by atoms with Gasteiger partial charge >= 0.3 is 0 Å². The second-order valence-corrected chi connectivity index (χ2v) is 4.97. The summed E-state index contributed by atoms with van der Waals surface area (Å²) in [5.41, 5.74) is 1.15. The van der Waals surface area contributed by atoms with Crippen LogP contribution in [0.2, 0.25) is 0 Å². The van der Waals surface area contributed by atoms with Crippen LogP contribution in [0.25, 0.3) is 0 Å². The molecule has 0 spiro atoms. The number of anilines is 2. The Kier molecular flexibility index (Phi) is 3.56. The van der Waals surface area contributed by atoms with Gasteiger partial charge in [0.05, 0.1) is 17.6 Å². The summed E-state index contributed by atoms with van der Waals surface area (Å²) >= 11 is 6.51. The first-order valence-electron chi connectivity index (χ1n) is 4.48. The summed E-state index contributed by atoms with van der Waals surface area (Å²) in [6, 6.07) is 6.68. The number of pyridine rings is 1. The molecule has 82 valence electrons. The van der Waals surface area contributed by atoms with Crippen LogP contribution in [0.5, 0.6) is 0 Å². The lowest BCUT2D eigenvalue weighted by molar-refractivity contribution is 0.631. The van der Waals surface area contributed by atoms with Gasteiger partial charge in [-0.05, 0) is 40.2 Å². The third kappa shape index (κ3) is 2.80. The number of aromatic nitrogens is 1. The summed E-state index contributed by atoms with van der Waals surface area (Å²) in [4.78, 5) is 3.99. The molecular formula is C11H7Br2FN2. The van der Waals surface area contributed by atoms with Gasteiger partial charge in [-0.2, -0.15) is 0 Å². The molecule has 0 unspecified atom stereocenters. The minimum Gasteiger partial charge on any atom is -0.352 e. The highest BCUT2D eigenvalue weighted by atomic mass is 79.9. The van der Waals surface area contributed by atoms with E-state index in [4.69, 9.17) is 0 Å². The lowest BCUT2D eigenvalue weighted by Crippen LogP contribution is -1.94. The molecule has 1 aromatic carbocycles. The topological polar surface area (TPSA) is 24.9 Å². The zero-order valence-electron chi connectivity index (χ0n) is 8.05. The summed E-state index contributed by atoms with van der Waals surface area (Å²) < 4.78 is 15.1. The quantitative estimate of drug-likeness (QED) is 0.867. The van der Waals surface area contributed by atoms with Crippen molar-refractivity contribution in [3.8, 4) is 0 Å². The average Bonchev–Trinajstić information content (AvgIpc) is 2.22. The molecule has 16 heavy (non-hydrogen) atoms. The standard InChI is InChI=1S/C11H7Br2FN2/c12-7-1-2-11(10(14)4-7)16-9-3-8(13)5-15-6-9/h1-6,16H. The van der Waals surface area contributed by atoms with Gasteiger partial charge in [-0.1, -0.05) is 15.9 Å². The highest BCUT2D eigenvalue weighted by Crippen LogP contribution is 2.24. The minimum absolute atomic E-state index is 0.311. The zero-order chi connectivity index (χ0) is 11.5. The van der Waals surface area contributed by atoms with Crippen molar-refractivity contribution in [1.29, 1.82) is 0 Å². The fraction of sp³-hybridized carbons (Fsp3) is 0. The van der Waals surface area contributed by atoms with Gasteiger partial charge in [-0.3, -0.25) is 4.98 Å². The number of nitrogens with zero attached hydrogens (tertiary/aromatic N) is 1. The van der Waals surface area contributed by atoms with Gasteiger partial charge in [-0.15, -0.1) is 0 Å². The van der Waals surface area contributed by atoms with E-state index in [9.17, 15) is 4.39 Å². The van der Waals surface area contributed by atoms with Gasteiger partial charge in [0, 0.05) is 15.1 Å².